The highest BCUT2D eigenvalue weighted by atomic mass is 19.4. The monoisotopic (exact) mass is 406 g/mol. The van der Waals surface area contributed by atoms with Crippen LogP contribution in [0.25, 0.3) is 0 Å². The number of rotatable bonds is 4. The molecule has 1 saturated heterocycles. The number of pyridine rings is 1. The van der Waals surface area contributed by atoms with Crippen molar-refractivity contribution in [2.24, 2.45) is 0 Å². The number of carbonyl (C=O) groups excluding carboxylic acids is 2. The molecular formula is C17H21F3N2O6. The van der Waals surface area contributed by atoms with Gasteiger partial charge in [0, 0.05) is 0 Å². The highest BCUT2D eigenvalue weighted by Crippen LogP contribution is 2.32. The zero-order valence-corrected chi connectivity index (χ0v) is 15.5. The molecule has 2 rings (SSSR count). The fourth-order valence-electron chi connectivity index (χ4n) is 2.60. The summed E-state index contributed by atoms with van der Waals surface area (Å²) in [4.78, 5) is 29.3. The zero-order valence-electron chi connectivity index (χ0n) is 15.5. The highest BCUT2D eigenvalue weighted by molar-refractivity contribution is 6.03. The molecule has 1 aliphatic rings. The molecule has 1 fully saturated rings. The molecule has 2 atom stereocenters. The van der Waals surface area contributed by atoms with Crippen molar-refractivity contribution in [1.29, 1.82) is 0 Å². The van der Waals surface area contributed by atoms with Gasteiger partial charge in [-0.2, -0.15) is 13.2 Å². The lowest BCUT2D eigenvalue weighted by Gasteiger charge is -2.42. The van der Waals surface area contributed by atoms with Gasteiger partial charge in [-0.3, -0.25) is 9.69 Å². The van der Waals surface area contributed by atoms with E-state index in [1.807, 2.05) is 0 Å². The Hall–Kier alpha value is -2.24. The van der Waals surface area contributed by atoms with Crippen molar-refractivity contribution >= 4 is 17.7 Å². The molecule has 28 heavy (non-hydrogen) atoms. The van der Waals surface area contributed by atoms with Gasteiger partial charge in [0.2, 0.25) is 5.60 Å². The van der Waals surface area contributed by atoms with Crippen molar-refractivity contribution in [2.45, 2.75) is 44.3 Å². The van der Waals surface area contributed by atoms with Crippen LogP contribution in [0.2, 0.25) is 0 Å². The number of amides is 1. The first-order valence-corrected chi connectivity index (χ1v) is 8.34. The second-order valence-electron chi connectivity index (χ2n) is 7.17. The molecule has 0 bridgehead atoms. The van der Waals surface area contributed by atoms with E-state index in [-0.39, 0.29) is 19.0 Å². The van der Waals surface area contributed by atoms with Gasteiger partial charge in [0.05, 0.1) is 19.8 Å². The van der Waals surface area contributed by atoms with Gasteiger partial charge in [0.25, 0.3) is 5.91 Å². The third-order valence-electron chi connectivity index (χ3n) is 3.89. The van der Waals surface area contributed by atoms with E-state index in [2.05, 4.69) is 4.98 Å². The molecule has 1 aromatic heterocycles. The smallest absolute Gasteiger partial charge is 0.433 e. The van der Waals surface area contributed by atoms with Crippen LogP contribution in [0.15, 0.2) is 18.2 Å². The summed E-state index contributed by atoms with van der Waals surface area (Å²) in [5.41, 5.74) is -4.63. The first kappa shape index (κ1) is 22.1. The van der Waals surface area contributed by atoms with Crippen LogP contribution in [0.4, 0.5) is 19.0 Å². The van der Waals surface area contributed by atoms with Crippen molar-refractivity contribution in [3.63, 3.8) is 0 Å². The maximum atomic E-state index is 12.9. The average molecular weight is 406 g/mol. The van der Waals surface area contributed by atoms with E-state index in [9.17, 15) is 33.0 Å². The number of anilines is 1. The van der Waals surface area contributed by atoms with Crippen LogP contribution >= 0.6 is 0 Å². The first-order valence-electron chi connectivity index (χ1n) is 8.34. The summed E-state index contributed by atoms with van der Waals surface area (Å²) >= 11 is 0. The van der Waals surface area contributed by atoms with Crippen molar-refractivity contribution in [3.8, 4) is 0 Å². The molecule has 0 aromatic carbocycles. The average Bonchev–Trinajstić information content (AvgIpc) is 2.59. The summed E-state index contributed by atoms with van der Waals surface area (Å²) in [7, 11) is 0. The molecule has 2 heterocycles. The molecular weight excluding hydrogens is 385 g/mol. The van der Waals surface area contributed by atoms with Gasteiger partial charge >= 0.3 is 12.1 Å². The Bertz CT molecular complexity index is 749. The Labute approximate surface area is 158 Å². The quantitative estimate of drug-likeness (QED) is 0.715. The SMILES string of the molecule is CC(C)(C)OC(=O)C(O)[C@@]1(CO)OCCN(c2cccc(C(F)(F)F)n2)C1=O. The summed E-state index contributed by atoms with van der Waals surface area (Å²) in [6.07, 6.45) is -6.92. The number of aliphatic hydroxyl groups excluding tert-OH is 2. The molecule has 8 nitrogen and oxygen atoms in total. The maximum absolute atomic E-state index is 12.9. The fraction of sp³-hybridized carbons (Fsp3) is 0.588. The number of aliphatic hydroxyl groups is 2. The van der Waals surface area contributed by atoms with Crippen LogP contribution in [0.3, 0.4) is 0 Å². The van der Waals surface area contributed by atoms with Crippen LogP contribution < -0.4 is 4.90 Å². The highest BCUT2D eigenvalue weighted by Gasteiger charge is 2.55. The van der Waals surface area contributed by atoms with Gasteiger partial charge in [-0.25, -0.2) is 9.78 Å². The topological polar surface area (TPSA) is 109 Å². The molecule has 1 amide bonds. The standard InChI is InChI=1S/C17H21F3N2O6/c1-15(2,3)28-13(25)12(24)16(9-23)14(26)22(7-8-27-16)11-6-4-5-10(21-11)17(18,19)20/h4-6,12,23-24H,7-9H2,1-3H3/t12?,16-/m1/s1. The number of carbonyl (C=O) groups is 2. The number of hydrogen-bond donors (Lipinski definition) is 2. The molecule has 0 aliphatic carbocycles. The summed E-state index contributed by atoms with van der Waals surface area (Å²) in [6, 6.07) is 2.97. The van der Waals surface area contributed by atoms with Crippen molar-refractivity contribution in [1.82, 2.24) is 4.98 Å². The van der Waals surface area contributed by atoms with Crippen LogP contribution in [-0.4, -0.2) is 64.1 Å². The lowest BCUT2D eigenvalue weighted by atomic mass is 9.93. The van der Waals surface area contributed by atoms with Crippen LogP contribution in [0, 0.1) is 0 Å². The van der Waals surface area contributed by atoms with Gasteiger partial charge in [0.1, 0.15) is 17.1 Å². The summed E-state index contributed by atoms with van der Waals surface area (Å²) < 4.78 is 49.0. The summed E-state index contributed by atoms with van der Waals surface area (Å²) in [6.45, 7) is 3.06. The lowest BCUT2D eigenvalue weighted by molar-refractivity contribution is -0.200. The molecule has 1 aliphatic heterocycles. The molecule has 2 N–H and O–H groups in total. The molecule has 1 unspecified atom stereocenters. The molecule has 0 radical (unpaired) electrons. The van der Waals surface area contributed by atoms with Crippen molar-refractivity contribution < 1.29 is 42.4 Å². The van der Waals surface area contributed by atoms with Crippen LogP contribution in [-0.2, 0) is 25.2 Å². The molecule has 156 valence electrons. The van der Waals surface area contributed by atoms with E-state index in [1.165, 1.54) is 26.8 Å². The van der Waals surface area contributed by atoms with Gasteiger partial charge in [-0.15, -0.1) is 0 Å². The predicted octanol–water partition coefficient (Wildman–Crippen LogP) is 0.897. The number of ether oxygens (including phenoxy) is 2. The van der Waals surface area contributed by atoms with Gasteiger partial charge in [0.15, 0.2) is 6.10 Å². The van der Waals surface area contributed by atoms with E-state index in [4.69, 9.17) is 9.47 Å². The van der Waals surface area contributed by atoms with E-state index >= 15 is 0 Å². The Morgan fingerprint density at radius 3 is 2.57 bits per heavy atom. The van der Waals surface area contributed by atoms with Crippen LogP contribution in [0.5, 0.6) is 0 Å². The second kappa shape index (κ2) is 7.64. The number of alkyl halides is 3. The van der Waals surface area contributed by atoms with Crippen molar-refractivity contribution in [3.05, 3.63) is 23.9 Å². The van der Waals surface area contributed by atoms with Crippen molar-refractivity contribution in [2.75, 3.05) is 24.7 Å². The molecule has 1 aromatic rings. The van der Waals surface area contributed by atoms with Gasteiger partial charge < -0.3 is 19.7 Å². The third kappa shape index (κ3) is 4.42. The largest absolute Gasteiger partial charge is 0.458 e. The number of aromatic nitrogens is 1. The minimum Gasteiger partial charge on any atom is -0.458 e. The molecule has 0 saturated carbocycles. The Morgan fingerprint density at radius 2 is 2.04 bits per heavy atom. The van der Waals surface area contributed by atoms with Gasteiger partial charge in [-0.1, -0.05) is 6.07 Å². The Kier molecular flexibility index (Phi) is 6.02. The number of morpholine rings is 1. The number of hydrogen-bond acceptors (Lipinski definition) is 7. The first-order chi connectivity index (χ1) is 12.8. The summed E-state index contributed by atoms with van der Waals surface area (Å²) in [5, 5.41) is 20.1. The van der Waals surface area contributed by atoms with E-state index in [0.29, 0.717) is 0 Å². The number of esters is 1. The molecule has 11 heteroatoms. The number of nitrogens with zero attached hydrogens (tertiary/aromatic N) is 2. The lowest BCUT2D eigenvalue weighted by Crippen LogP contribution is -2.67. The number of halogens is 3. The Morgan fingerprint density at radius 1 is 1.39 bits per heavy atom. The van der Waals surface area contributed by atoms with Gasteiger partial charge in [-0.05, 0) is 32.9 Å². The minimum atomic E-state index is -4.73. The fourth-order valence-corrected chi connectivity index (χ4v) is 2.60. The molecule has 0 spiro atoms. The van der Waals surface area contributed by atoms with E-state index in [1.54, 1.807) is 0 Å². The third-order valence-corrected chi connectivity index (χ3v) is 3.89. The minimum absolute atomic E-state index is 0.185. The van der Waals surface area contributed by atoms with E-state index in [0.717, 1.165) is 17.0 Å². The maximum Gasteiger partial charge on any atom is 0.433 e. The van der Waals surface area contributed by atoms with Crippen LogP contribution in [0.1, 0.15) is 26.5 Å². The Balaban J connectivity index is 2.37. The predicted molar refractivity (Wildman–Crippen MR) is 89.2 cm³/mol. The normalized spacial score (nSPS) is 22.1. The summed E-state index contributed by atoms with van der Waals surface area (Å²) in [5.74, 6) is -2.67. The zero-order chi connectivity index (χ0) is 21.3. The van der Waals surface area contributed by atoms with E-state index < -0.39 is 47.7 Å². The second-order valence-corrected chi connectivity index (χ2v) is 7.17.